The summed E-state index contributed by atoms with van der Waals surface area (Å²) in [6.07, 6.45) is 7.12. The molecule has 0 aliphatic heterocycles. The molecular weight excluding hydrogens is 494 g/mol. The molecule has 5 aromatic rings. The molecule has 0 N–H and O–H groups in total. The van der Waals surface area contributed by atoms with Crippen LogP contribution >= 0.6 is 0 Å². The van der Waals surface area contributed by atoms with Gasteiger partial charge in [0.15, 0.2) is 0 Å². The van der Waals surface area contributed by atoms with Gasteiger partial charge >= 0.3 is 0 Å². The van der Waals surface area contributed by atoms with Gasteiger partial charge in [-0.1, -0.05) is 97.1 Å². The van der Waals surface area contributed by atoms with E-state index in [1.807, 2.05) is 0 Å². The highest BCUT2D eigenvalue weighted by Gasteiger charge is 2.61. The van der Waals surface area contributed by atoms with Crippen LogP contribution in [0.1, 0.15) is 43.2 Å². The average Bonchev–Trinajstić information content (AvgIpc) is 3.32. The maximum absolute atomic E-state index is 2.51. The van der Waals surface area contributed by atoms with E-state index in [1.165, 1.54) is 71.4 Å². The van der Waals surface area contributed by atoms with Crippen molar-refractivity contribution in [3.05, 3.63) is 139 Å². The minimum Gasteiger partial charge on any atom is -0.310 e. The summed E-state index contributed by atoms with van der Waals surface area (Å²) in [5, 5.41) is 0. The van der Waals surface area contributed by atoms with Gasteiger partial charge in [-0.25, -0.2) is 0 Å². The highest BCUT2D eigenvalue weighted by molar-refractivity contribution is 5.95. The van der Waals surface area contributed by atoms with Gasteiger partial charge in [-0.05, 0) is 114 Å². The lowest BCUT2D eigenvalue weighted by molar-refractivity contribution is -0.0399. The van der Waals surface area contributed by atoms with Crippen LogP contribution in [0.15, 0.2) is 127 Å². The fourth-order valence-corrected chi connectivity index (χ4v) is 9.83. The summed E-state index contributed by atoms with van der Waals surface area (Å²) in [5.41, 5.74) is 12.5. The third-order valence-corrected chi connectivity index (χ3v) is 11.0. The lowest BCUT2D eigenvalue weighted by Crippen LogP contribution is -2.55. The van der Waals surface area contributed by atoms with Gasteiger partial charge in [-0.15, -0.1) is 0 Å². The third kappa shape index (κ3) is 3.35. The molecule has 5 aliphatic carbocycles. The number of hydrogen-bond donors (Lipinski definition) is 0. The predicted octanol–water partition coefficient (Wildman–Crippen LogP) is 10.5. The van der Waals surface area contributed by atoms with Crippen molar-refractivity contribution in [2.24, 2.45) is 23.7 Å². The molecule has 1 heteroatoms. The molecule has 5 aliphatic rings. The largest absolute Gasteiger partial charge is 0.310 e. The van der Waals surface area contributed by atoms with Crippen molar-refractivity contribution in [1.29, 1.82) is 0 Å². The highest BCUT2D eigenvalue weighted by atomic mass is 15.1. The van der Waals surface area contributed by atoms with Gasteiger partial charge in [-0.3, -0.25) is 0 Å². The van der Waals surface area contributed by atoms with Gasteiger partial charge in [-0.2, -0.15) is 0 Å². The zero-order chi connectivity index (χ0) is 27.0. The van der Waals surface area contributed by atoms with Crippen LogP contribution in [0.3, 0.4) is 0 Å². The first-order valence-electron chi connectivity index (χ1n) is 15.5. The number of anilines is 3. The molecule has 0 radical (unpaired) electrons. The minimum atomic E-state index is 0.170. The fraction of sp³-hybridized carbons (Fsp3) is 0.250. The first kappa shape index (κ1) is 23.6. The molecule has 1 spiro atoms. The van der Waals surface area contributed by atoms with E-state index < -0.39 is 0 Å². The van der Waals surface area contributed by atoms with Crippen LogP contribution in [0.5, 0.6) is 0 Å². The third-order valence-electron chi connectivity index (χ3n) is 11.0. The number of hydrogen-bond acceptors (Lipinski definition) is 1. The van der Waals surface area contributed by atoms with E-state index in [0.29, 0.717) is 0 Å². The smallest absolute Gasteiger partial charge is 0.0543 e. The summed E-state index contributed by atoms with van der Waals surface area (Å²) in [4.78, 5) is 2.51. The Bertz CT molecular complexity index is 1720. The van der Waals surface area contributed by atoms with Gasteiger partial charge in [0, 0.05) is 22.4 Å². The van der Waals surface area contributed by atoms with E-state index in [4.69, 9.17) is 0 Å². The maximum Gasteiger partial charge on any atom is 0.0543 e. The summed E-state index contributed by atoms with van der Waals surface area (Å²) >= 11 is 0. The second kappa shape index (κ2) is 8.95. The maximum atomic E-state index is 2.51. The van der Waals surface area contributed by atoms with Crippen molar-refractivity contribution in [3.8, 4) is 22.3 Å². The van der Waals surface area contributed by atoms with Crippen LogP contribution < -0.4 is 4.90 Å². The molecule has 0 amide bonds. The molecule has 200 valence electrons. The highest BCUT2D eigenvalue weighted by Crippen LogP contribution is 2.70. The number of benzene rings is 5. The Kier molecular flexibility index (Phi) is 5.15. The Balaban J connectivity index is 1.29. The van der Waals surface area contributed by atoms with Crippen molar-refractivity contribution in [1.82, 2.24) is 0 Å². The van der Waals surface area contributed by atoms with E-state index in [2.05, 4.69) is 132 Å². The summed E-state index contributed by atoms with van der Waals surface area (Å²) in [7, 11) is 0. The molecule has 0 saturated heterocycles. The van der Waals surface area contributed by atoms with Crippen molar-refractivity contribution in [2.75, 3.05) is 4.90 Å². The predicted molar refractivity (Wildman–Crippen MR) is 170 cm³/mol. The van der Waals surface area contributed by atoms with Crippen LogP contribution in [-0.2, 0) is 5.41 Å². The summed E-state index contributed by atoms with van der Waals surface area (Å²) in [5.74, 6) is 3.43. The van der Waals surface area contributed by atoms with Crippen LogP contribution in [0.2, 0.25) is 0 Å². The Morgan fingerprint density at radius 2 is 1.07 bits per heavy atom. The molecule has 10 rings (SSSR count). The quantitative estimate of drug-likeness (QED) is 0.224. The standard InChI is InChI=1S/C40H35N/c1-3-11-29(12-4-1)30-13-9-16-34(26-30)41(33-14-5-2-6-15-33)38-20-10-19-37-39(38)35-17-7-8-18-36(35)40(37)31-22-27-21-28(24-31)25-32(40)23-27/h1-20,26-28,31-32H,21-25H2. The molecular formula is C40H35N. The second-order valence-electron chi connectivity index (χ2n) is 13.0. The molecule has 4 saturated carbocycles. The molecule has 4 fully saturated rings. The molecule has 0 unspecified atom stereocenters. The summed E-state index contributed by atoms with van der Waals surface area (Å²) < 4.78 is 0. The van der Waals surface area contributed by atoms with Crippen LogP contribution in [0.4, 0.5) is 17.1 Å². The van der Waals surface area contributed by atoms with Crippen LogP contribution in [0.25, 0.3) is 22.3 Å². The van der Waals surface area contributed by atoms with E-state index >= 15 is 0 Å². The summed E-state index contributed by atoms with van der Waals surface area (Å²) in [6.45, 7) is 0. The Morgan fingerprint density at radius 3 is 1.83 bits per heavy atom. The van der Waals surface area contributed by atoms with Gasteiger partial charge in [0.25, 0.3) is 0 Å². The molecule has 0 atom stereocenters. The van der Waals surface area contributed by atoms with Gasteiger partial charge in [0.2, 0.25) is 0 Å². The minimum absolute atomic E-state index is 0.170. The molecule has 41 heavy (non-hydrogen) atoms. The molecule has 5 aromatic carbocycles. The number of rotatable bonds is 4. The van der Waals surface area contributed by atoms with E-state index in [9.17, 15) is 0 Å². The average molecular weight is 530 g/mol. The van der Waals surface area contributed by atoms with Crippen molar-refractivity contribution in [3.63, 3.8) is 0 Å². The van der Waals surface area contributed by atoms with Gasteiger partial charge < -0.3 is 4.90 Å². The van der Waals surface area contributed by atoms with Crippen molar-refractivity contribution < 1.29 is 0 Å². The molecule has 0 aromatic heterocycles. The SMILES string of the molecule is c1ccc(-c2cccc(N(c3ccccc3)c3cccc4c3-c3ccccc3C43C4CC5CC(C4)CC3C5)c2)cc1. The first-order valence-corrected chi connectivity index (χ1v) is 15.5. The normalized spacial score (nSPS) is 26.6. The zero-order valence-corrected chi connectivity index (χ0v) is 23.4. The first-order chi connectivity index (χ1) is 20.3. The van der Waals surface area contributed by atoms with E-state index in [0.717, 1.165) is 23.7 Å². The fourth-order valence-electron chi connectivity index (χ4n) is 9.83. The second-order valence-corrected chi connectivity index (χ2v) is 13.0. The molecule has 0 heterocycles. The number of fused-ring (bicyclic) bond motifs is 3. The van der Waals surface area contributed by atoms with Crippen LogP contribution in [0, 0.1) is 23.7 Å². The number of para-hydroxylation sites is 1. The Labute approximate surface area is 243 Å². The van der Waals surface area contributed by atoms with Gasteiger partial charge in [0.05, 0.1) is 5.69 Å². The molecule has 4 bridgehead atoms. The Hall–Kier alpha value is -4.10. The van der Waals surface area contributed by atoms with Crippen LogP contribution in [-0.4, -0.2) is 0 Å². The molecule has 1 nitrogen and oxygen atoms in total. The Morgan fingerprint density at radius 1 is 0.488 bits per heavy atom. The van der Waals surface area contributed by atoms with Gasteiger partial charge in [0.1, 0.15) is 0 Å². The van der Waals surface area contributed by atoms with E-state index in [-0.39, 0.29) is 5.41 Å². The lowest BCUT2D eigenvalue weighted by Gasteiger charge is -2.61. The van der Waals surface area contributed by atoms with E-state index in [1.54, 1.807) is 11.1 Å². The topological polar surface area (TPSA) is 3.24 Å². The number of nitrogens with zero attached hydrogens (tertiary/aromatic N) is 1. The van der Waals surface area contributed by atoms with Crippen molar-refractivity contribution >= 4 is 17.1 Å². The lowest BCUT2D eigenvalue weighted by atomic mass is 9.43. The summed E-state index contributed by atoms with van der Waals surface area (Å²) in [6, 6.07) is 47.5. The zero-order valence-electron chi connectivity index (χ0n) is 23.4. The van der Waals surface area contributed by atoms with Crippen molar-refractivity contribution in [2.45, 2.75) is 37.5 Å². The monoisotopic (exact) mass is 529 g/mol.